The van der Waals surface area contributed by atoms with E-state index in [9.17, 15) is 0 Å². The van der Waals surface area contributed by atoms with E-state index in [4.69, 9.17) is 16.3 Å². The molecule has 0 aromatic heterocycles. The molecular formula is C11H21ClO. The molecule has 0 spiro atoms. The van der Waals surface area contributed by atoms with Crippen LogP contribution in [0.15, 0.2) is 0 Å². The molecule has 1 aliphatic rings. The van der Waals surface area contributed by atoms with Crippen LogP contribution in [0.5, 0.6) is 0 Å². The zero-order chi connectivity index (χ0) is 9.73. The summed E-state index contributed by atoms with van der Waals surface area (Å²) in [5.74, 6) is 0. The highest BCUT2D eigenvalue weighted by molar-refractivity contribution is 6.21. The maximum atomic E-state index is 6.12. The first-order chi connectivity index (χ1) is 6.21. The lowest BCUT2D eigenvalue weighted by molar-refractivity contribution is 0.114. The van der Waals surface area contributed by atoms with Crippen molar-refractivity contribution in [3.05, 3.63) is 0 Å². The summed E-state index contributed by atoms with van der Waals surface area (Å²) in [7, 11) is 0. The Kier molecular flexibility index (Phi) is 4.54. The Labute approximate surface area is 86.8 Å². The molecule has 1 aliphatic carbocycles. The van der Waals surface area contributed by atoms with Gasteiger partial charge >= 0.3 is 0 Å². The van der Waals surface area contributed by atoms with Gasteiger partial charge in [-0.2, -0.15) is 0 Å². The van der Waals surface area contributed by atoms with Crippen molar-refractivity contribution < 1.29 is 4.74 Å². The van der Waals surface area contributed by atoms with E-state index < -0.39 is 0 Å². The second-order valence-electron chi connectivity index (χ2n) is 4.19. The van der Waals surface area contributed by atoms with E-state index in [0.29, 0.717) is 10.8 Å². The quantitative estimate of drug-likeness (QED) is 0.455. The number of hydrogen-bond acceptors (Lipinski definition) is 1. The summed E-state index contributed by atoms with van der Waals surface area (Å²) in [4.78, 5) is 0. The van der Waals surface area contributed by atoms with Crippen LogP contribution in [0.1, 0.15) is 46.0 Å². The summed E-state index contributed by atoms with van der Waals surface area (Å²) < 4.78 is 5.54. The van der Waals surface area contributed by atoms with Crippen LogP contribution in [-0.4, -0.2) is 18.6 Å². The molecule has 1 fully saturated rings. The monoisotopic (exact) mass is 204 g/mol. The molecule has 1 atom stereocenters. The molecule has 2 heteroatoms. The number of hydrogen-bond donors (Lipinski definition) is 0. The average molecular weight is 205 g/mol. The van der Waals surface area contributed by atoms with Gasteiger partial charge in [-0.05, 0) is 38.0 Å². The van der Waals surface area contributed by atoms with Crippen molar-refractivity contribution in [2.75, 3.05) is 13.2 Å². The smallest absolute Gasteiger partial charge is 0.0471 e. The maximum absolute atomic E-state index is 6.12. The highest BCUT2D eigenvalue weighted by atomic mass is 35.5. The fourth-order valence-corrected chi connectivity index (χ4v) is 1.96. The van der Waals surface area contributed by atoms with Gasteiger partial charge in [-0.1, -0.05) is 13.3 Å². The number of rotatable bonds is 7. The van der Waals surface area contributed by atoms with E-state index >= 15 is 0 Å². The van der Waals surface area contributed by atoms with Crippen LogP contribution in [-0.2, 0) is 4.74 Å². The van der Waals surface area contributed by atoms with Gasteiger partial charge < -0.3 is 4.74 Å². The topological polar surface area (TPSA) is 9.23 Å². The van der Waals surface area contributed by atoms with E-state index in [1.165, 1.54) is 25.7 Å². The summed E-state index contributed by atoms with van der Waals surface area (Å²) in [6, 6.07) is 0. The molecule has 0 radical (unpaired) electrons. The van der Waals surface area contributed by atoms with Crippen LogP contribution < -0.4 is 0 Å². The molecule has 0 heterocycles. The molecule has 78 valence electrons. The molecule has 1 rings (SSSR count). The molecule has 0 N–H and O–H groups in total. The van der Waals surface area contributed by atoms with Crippen molar-refractivity contribution in [1.82, 2.24) is 0 Å². The molecule has 13 heavy (non-hydrogen) atoms. The van der Waals surface area contributed by atoms with Gasteiger partial charge in [-0.15, -0.1) is 11.6 Å². The fraction of sp³-hybridized carbons (Fsp3) is 1.00. The van der Waals surface area contributed by atoms with Crippen molar-refractivity contribution in [2.24, 2.45) is 5.41 Å². The van der Waals surface area contributed by atoms with Gasteiger partial charge in [-0.25, -0.2) is 0 Å². The highest BCUT2D eigenvalue weighted by Crippen LogP contribution is 2.53. The zero-order valence-electron chi connectivity index (χ0n) is 8.81. The Morgan fingerprint density at radius 3 is 2.54 bits per heavy atom. The van der Waals surface area contributed by atoms with Crippen LogP contribution in [0.4, 0.5) is 0 Å². The molecule has 0 aliphatic heterocycles. The standard InChI is InChI=1S/C11H21ClO/c1-3-4-8-13-9-7-11(5-6-11)10(2)12/h10H,3-9H2,1-2H3. The largest absolute Gasteiger partial charge is 0.381 e. The van der Waals surface area contributed by atoms with Crippen molar-refractivity contribution in [1.29, 1.82) is 0 Å². The molecule has 0 bridgehead atoms. The van der Waals surface area contributed by atoms with Crippen molar-refractivity contribution >= 4 is 11.6 Å². The number of unbranched alkanes of at least 4 members (excludes halogenated alkanes) is 1. The minimum Gasteiger partial charge on any atom is -0.381 e. The van der Waals surface area contributed by atoms with E-state index in [-0.39, 0.29) is 0 Å². The molecule has 1 unspecified atom stereocenters. The SMILES string of the molecule is CCCCOCCC1(C(C)Cl)CC1. The van der Waals surface area contributed by atoms with Gasteiger partial charge in [0.15, 0.2) is 0 Å². The Morgan fingerprint density at radius 2 is 2.08 bits per heavy atom. The Bertz CT molecular complexity index is 141. The summed E-state index contributed by atoms with van der Waals surface area (Å²) in [6.45, 7) is 6.12. The van der Waals surface area contributed by atoms with Gasteiger partial charge in [0.25, 0.3) is 0 Å². The normalized spacial score (nSPS) is 21.5. The minimum atomic E-state index is 0.322. The summed E-state index contributed by atoms with van der Waals surface area (Å²) in [6.07, 6.45) is 6.16. The van der Waals surface area contributed by atoms with Gasteiger partial charge in [0, 0.05) is 18.6 Å². The first-order valence-electron chi connectivity index (χ1n) is 5.43. The number of alkyl halides is 1. The summed E-state index contributed by atoms with van der Waals surface area (Å²) in [5, 5.41) is 0.322. The number of halogens is 1. The number of ether oxygens (including phenoxy) is 1. The third-order valence-corrected chi connectivity index (χ3v) is 3.59. The third-order valence-electron chi connectivity index (χ3n) is 3.12. The van der Waals surface area contributed by atoms with E-state index in [1.54, 1.807) is 0 Å². The van der Waals surface area contributed by atoms with Gasteiger partial charge in [0.2, 0.25) is 0 Å². The molecule has 0 saturated heterocycles. The predicted molar refractivity (Wildman–Crippen MR) is 57.3 cm³/mol. The van der Waals surface area contributed by atoms with E-state index in [1.807, 2.05) is 0 Å². The summed E-state index contributed by atoms with van der Waals surface area (Å²) >= 11 is 6.12. The molecule has 0 aromatic rings. The van der Waals surface area contributed by atoms with Crippen LogP contribution in [0, 0.1) is 5.41 Å². The van der Waals surface area contributed by atoms with Crippen LogP contribution >= 0.6 is 11.6 Å². The second kappa shape index (κ2) is 5.21. The van der Waals surface area contributed by atoms with Crippen molar-refractivity contribution in [2.45, 2.75) is 51.3 Å². The Morgan fingerprint density at radius 1 is 1.38 bits per heavy atom. The Hall–Kier alpha value is 0.250. The van der Waals surface area contributed by atoms with Crippen LogP contribution in [0.25, 0.3) is 0 Å². The lowest BCUT2D eigenvalue weighted by atomic mass is 9.99. The molecule has 1 saturated carbocycles. The van der Waals surface area contributed by atoms with E-state index in [0.717, 1.165) is 19.6 Å². The lowest BCUT2D eigenvalue weighted by Crippen LogP contribution is -2.15. The molecule has 0 aromatic carbocycles. The maximum Gasteiger partial charge on any atom is 0.0471 e. The van der Waals surface area contributed by atoms with Crippen molar-refractivity contribution in [3.63, 3.8) is 0 Å². The first kappa shape index (κ1) is 11.3. The highest BCUT2D eigenvalue weighted by Gasteiger charge is 2.45. The third kappa shape index (κ3) is 3.47. The molecule has 0 amide bonds. The zero-order valence-corrected chi connectivity index (χ0v) is 9.57. The fourth-order valence-electron chi connectivity index (χ4n) is 1.63. The Balaban J connectivity index is 1.99. The molecule has 1 nitrogen and oxygen atoms in total. The van der Waals surface area contributed by atoms with Crippen LogP contribution in [0.3, 0.4) is 0 Å². The van der Waals surface area contributed by atoms with Gasteiger partial charge in [0.05, 0.1) is 0 Å². The average Bonchev–Trinajstić information content (AvgIpc) is 2.85. The minimum absolute atomic E-state index is 0.322. The van der Waals surface area contributed by atoms with E-state index in [2.05, 4.69) is 13.8 Å². The van der Waals surface area contributed by atoms with Gasteiger partial charge in [-0.3, -0.25) is 0 Å². The lowest BCUT2D eigenvalue weighted by Gasteiger charge is -2.17. The van der Waals surface area contributed by atoms with Gasteiger partial charge in [0.1, 0.15) is 0 Å². The first-order valence-corrected chi connectivity index (χ1v) is 5.87. The van der Waals surface area contributed by atoms with Crippen molar-refractivity contribution in [3.8, 4) is 0 Å². The predicted octanol–water partition coefficient (Wildman–Crippen LogP) is 3.60. The summed E-state index contributed by atoms with van der Waals surface area (Å²) in [5.41, 5.74) is 0.438. The van der Waals surface area contributed by atoms with Crippen LogP contribution in [0.2, 0.25) is 0 Å². The molecular weight excluding hydrogens is 184 g/mol. The second-order valence-corrected chi connectivity index (χ2v) is 4.85.